The van der Waals surface area contributed by atoms with Gasteiger partial charge in [0.2, 0.25) is 0 Å². The molecule has 0 aromatic heterocycles. The normalized spacial score (nSPS) is 14.6. The lowest BCUT2D eigenvalue weighted by atomic mass is 9.92. The fourth-order valence-electron chi connectivity index (χ4n) is 1.62. The molecule has 1 N–H and O–H groups in total. The van der Waals surface area contributed by atoms with Crippen LogP contribution < -0.4 is 0 Å². The number of thioether (sulfide) groups is 1. The minimum Gasteiger partial charge on any atom is -0.392 e. The van der Waals surface area contributed by atoms with Gasteiger partial charge in [0.1, 0.15) is 5.78 Å². The van der Waals surface area contributed by atoms with Gasteiger partial charge < -0.3 is 5.11 Å². The van der Waals surface area contributed by atoms with Crippen molar-refractivity contribution in [2.24, 2.45) is 11.8 Å². The molecule has 0 aliphatic rings. The maximum Gasteiger partial charge on any atom is 0.136 e. The van der Waals surface area contributed by atoms with Gasteiger partial charge >= 0.3 is 0 Å². The van der Waals surface area contributed by atoms with Crippen LogP contribution in [0.15, 0.2) is 35.2 Å². The second-order valence-electron chi connectivity index (χ2n) is 4.58. The maximum absolute atomic E-state index is 11.5. The summed E-state index contributed by atoms with van der Waals surface area (Å²) >= 11 is 1.62. The van der Waals surface area contributed by atoms with Gasteiger partial charge in [-0.3, -0.25) is 4.79 Å². The van der Waals surface area contributed by atoms with Gasteiger partial charge in [-0.15, -0.1) is 11.8 Å². The molecule has 0 saturated heterocycles. The third-order valence-electron chi connectivity index (χ3n) is 2.79. The first kappa shape index (κ1) is 14.3. The van der Waals surface area contributed by atoms with Gasteiger partial charge in [0.15, 0.2) is 0 Å². The molecule has 0 heterocycles. The van der Waals surface area contributed by atoms with Crippen LogP contribution in [0.25, 0.3) is 0 Å². The predicted octanol–water partition coefficient (Wildman–Crippen LogP) is 3.00. The molecule has 0 bridgehead atoms. The Kier molecular flexibility index (Phi) is 5.72. The maximum atomic E-state index is 11.5. The average molecular weight is 252 g/mol. The highest BCUT2D eigenvalue weighted by Gasteiger charge is 2.26. The van der Waals surface area contributed by atoms with E-state index in [1.54, 1.807) is 18.7 Å². The lowest BCUT2D eigenvalue weighted by Crippen LogP contribution is -2.32. The number of carbonyl (C=O) groups is 1. The van der Waals surface area contributed by atoms with Gasteiger partial charge in [0.25, 0.3) is 0 Å². The van der Waals surface area contributed by atoms with Crippen LogP contribution in [0, 0.1) is 11.8 Å². The highest BCUT2D eigenvalue weighted by atomic mass is 32.2. The van der Waals surface area contributed by atoms with Crippen LogP contribution in [0.5, 0.6) is 0 Å². The van der Waals surface area contributed by atoms with Crippen LogP contribution in [-0.2, 0) is 4.79 Å². The largest absolute Gasteiger partial charge is 0.392 e. The summed E-state index contributed by atoms with van der Waals surface area (Å²) in [6.45, 7) is 5.43. The Bertz CT molecular complexity index is 348. The molecule has 0 amide bonds. The minimum absolute atomic E-state index is 0.0645. The van der Waals surface area contributed by atoms with E-state index in [-0.39, 0.29) is 17.6 Å². The zero-order chi connectivity index (χ0) is 12.8. The number of ketones is 1. The molecule has 1 rings (SSSR count). The molecule has 94 valence electrons. The van der Waals surface area contributed by atoms with E-state index in [1.165, 1.54) is 0 Å². The fourth-order valence-corrected chi connectivity index (χ4v) is 2.78. The Labute approximate surface area is 107 Å². The molecule has 1 aromatic rings. The molecule has 0 fully saturated rings. The lowest BCUT2D eigenvalue weighted by Gasteiger charge is -2.23. The van der Waals surface area contributed by atoms with Crippen molar-refractivity contribution < 1.29 is 9.90 Å². The topological polar surface area (TPSA) is 37.3 Å². The van der Waals surface area contributed by atoms with Gasteiger partial charge in [-0.25, -0.2) is 0 Å². The molecule has 0 aliphatic carbocycles. The van der Waals surface area contributed by atoms with E-state index in [1.807, 2.05) is 44.2 Å². The summed E-state index contributed by atoms with van der Waals surface area (Å²) in [5.41, 5.74) is 0. The number of rotatable bonds is 6. The van der Waals surface area contributed by atoms with Crippen LogP contribution in [0.1, 0.15) is 20.8 Å². The summed E-state index contributed by atoms with van der Waals surface area (Å²) in [4.78, 5) is 12.7. The standard InChI is InChI=1S/C14H20O2S/c1-10(2)14(16)13(11(3)15)9-17-12-7-5-4-6-8-12/h4-8,10,13-14,16H,9H2,1-3H3. The van der Waals surface area contributed by atoms with E-state index in [2.05, 4.69) is 0 Å². The van der Waals surface area contributed by atoms with Crippen molar-refractivity contribution in [3.05, 3.63) is 30.3 Å². The lowest BCUT2D eigenvalue weighted by molar-refractivity contribution is -0.124. The number of benzene rings is 1. The van der Waals surface area contributed by atoms with Crippen LogP contribution in [0.3, 0.4) is 0 Å². The molecule has 2 nitrogen and oxygen atoms in total. The van der Waals surface area contributed by atoms with Crippen molar-refractivity contribution >= 4 is 17.5 Å². The predicted molar refractivity (Wildman–Crippen MR) is 72.2 cm³/mol. The summed E-state index contributed by atoms with van der Waals surface area (Å²) in [6.07, 6.45) is -0.552. The quantitative estimate of drug-likeness (QED) is 0.791. The van der Waals surface area contributed by atoms with Crippen molar-refractivity contribution in [1.82, 2.24) is 0 Å². The molecular formula is C14H20O2S. The number of carbonyl (C=O) groups excluding carboxylic acids is 1. The highest BCUT2D eigenvalue weighted by Crippen LogP contribution is 2.24. The van der Waals surface area contributed by atoms with Gasteiger partial charge in [0, 0.05) is 10.6 Å². The molecular weight excluding hydrogens is 232 g/mol. The van der Waals surface area contributed by atoms with Gasteiger partial charge in [0.05, 0.1) is 12.0 Å². The van der Waals surface area contributed by atoms with E-state index < -0.39 is 6.10 Å². The van der Waals surface area contributed by atoms with Gasteiger partial charge in [-0.1, -0.05) is 32.0 Å². The second kappa shape index (κ2) is 6.82. The van der Waals surface area contributed by atoms with Crippen LogP contribution >= 0.6 is 11.8 Å². The van der Waals surface area contributed by atoms with E-state index in [0.29, 0.717) is 5.75 Å². The highest BCUT2D eigenvalue weighted by molar-refractivity contribution is 7.99. The van der Waals surface area contributed by atoms with Crippen molar-refractivity contribution in [3.63, 3.8) is 0 Å². The number of aliphatic hydroxyl groups excluding tert-OH is 1. The Morgan fingerprint density at radius 1 is 1.29 bits per heavy atom. The number of aliphatic hydroxyl groups is 1. The molecule has 1 aromatic carbocycles. The number of hydrogen-bond donors (Lipinski definition) is 1. The molecule has 17 heavy (non-hydrogen) atoms. The molecule has 2 atom stereocenters. The van der Waals surface area contributed by atoms with E-state index in [0.717, 1.165) is 4.90 Å². The third-order valence-corrected chi connectivity index (χ3v) is 3.92. The minimum atomic E-state index is -0.552. The van der Waals surface area contributed by atoms with Crippen molar-refractivity contribution in [3.8, 4) is 0 Å². The molecule has 0 radical (unpaired) electrons. The SMILES string of the molecule is CC(=O)C(CSc1ccccc1)C(O)C(C)C. The number of Topliss-reactive ketones (excluding diaryl/α,β-unsaturated/α-hetero) is 1. The van der Waals surface area contributed by atoms with Gasteiger partial charge in [-0.05, 0) is 25.0 Å². The third kappa shape index (κ3) is 4.52. The van der Waals surface area contributed by atoms with Crippen LogP contribution in [-0.4, -0.2) is 22.7 Å². The van der Waals surface area contributed by atoms with Gasteiger partial charge in [-0.2, -0.15) is 0 Å². The first-order valence-corrected chi connectivity index (χ1v) is 6.87. The van der Waals surface area contributed by atoms with Crippen molar-refractivity contribution in [2.45, 2.75) is 31.8 Å². The molecule has 2 unspecified atom stereocenters. The van der Waals surface area contributed by atoms with Crippen LogP contribution in [0.2, 0.25) is 0 Å². The summed E-state index contributed by atoms with van der Waals surface area (Å²) in [7, 11) is 0. The van der Waals surface area contributed by atoms with E-state index in [4.69, 9.17) is 0 Å². The zero-order valence-electron chi connectivity index (χ0n) is 10.6. The van der Waals surface area contributed by atoms with E-state index >= 15 is 0 Å². The Balaban J connectivity index is 2.60. The molecule has 0 spiro atoms. The fraction of sp³-hybridized carbons (Fsp3) is 0.500. The molecule has 0 aliphatic heterocycles. The number of hydrogen-bond acceptors (Lipinski definition) is 3. The summed E-state index contributed by atoms with van der Waals surface area (Å²) < 4.78 is 0. The van der Waals surface area contributed by atoms with E-state index in [9.17, 15) is 9.90 Å². The molecule has 3 heteroatoms. The van der Waals surface area contributed by atoms with Crippen molar-refractivity contribution in [1.29, 1.82) is 0 Å². The first-order chi connectivity index (χ1) is 8.02. The Hall–Kier alpha value is -0.800. The Morgan fingerprint density at radius 3 is 2.35 bits per heavy atom. The summed E-state index contributed by atoms with van der Waals surface area (Å²) in [5, 5.41) is 10.0. The smallest absolute Gasteiger partial charge is 0.136 e. The van der Waals surface area contributed by atoms with Crippen LogP contribution in [0.4, 0.5) is 0 Å². The first-order valence-electron chi connectivity index (χ1n) is 5.88. The molecule has 0 saturated carbocycles. The second-order valence-corrected chi connectivity index (χ2v) is 5.67. The zero-order valence-corrected chi connectivity index (χ0v) is 11.4. The average Bonchev–Trinajstić information content (AvgIpc) is 2.29. The monoisotopic (exact) mass is 252 g/mol. The van der Waals surface area contributed by atoms with Crippen molar-refractivity contribution in [2.75, 3.05) is 5.75 Å². The summed E-state index contributed by atoms with van der Waals surface area (Å²) in [5.74, 6) is 0.536. The summed E-state index contributed by atoms with van der Waals surface area (Å²) in [6, 6.07) is 9.96. The Morgan fingerprint density at radius 2 is 1.88 bits per heavy atom.